The molecule has 0 saturated heterocycles. The Balaban J connectivity index is 1.61. The molecule has 32 heavy (non-hydrogen) atoms. The van der Waals surface area contributed by atoms with Gasteiger partial charge in [0.2, 0.25) is 5.91 Å². The zero-order valence-electron chi connectivity index (χ0n) is 17.7. The number of aryl methyl sites for hydroxylation is 1. The van der Waals surface area contributed by atoms with Crippen LogP contribution in [0.5, 0.6) is 5.75 Å². The lowest BCUT2D eigenvalue weighted by Gasteiger charge is -2.06. The molecular formula is C21H21N5O4S2. The number of thiophene rings is 1. The number of benzene rings is 1. The first-order chi connectivity index (χ1) is 15.4. The first kappa shape index (κ1) is 21.9. The molecule has 0 aliphatic rings. The maximum absolute atomic E-state index is 12.9. The number of amides is 2. The highest BCUT2D eigenvalue weighted by molar-refractivity contribution is 7.23. The summed E-state index contributed by atoms with van der Waals surface area (Å²) in [6, 6.07) is 5.49. The molecule has 0 radical (unpaired) electrons. The van der Waals surface area contributed by atoms with Crippen LogP contribution in [-0.4, -0.2) is 40.0 Å². The molecule has 11 heteroatoms. The van der Waals surface area contributed by atoms with Gasteiger partial charge in [-0.25, -0.2) is 9.97 Å². The second-order valence-corrected chi connectivity index (χ2v) is 9.10. The Bertz CT molecular complexity index is 1390. The van der Waals surface area contributed by atoms with Gasteiger partial charge >= 0.3 is 0 Å². The number of ether oxygens (including phenoxy) is 1. The molecule has 3 heterocycles. The minimum atomic E-state index is -0.358. The number of aromatic nitrogens is 3. The molecule has 2 N–H and O–H groups in total. The molecule has 4 aromatic rings. The summed E-state index contributed by atoms with van der Waals surface area (Å²) in [6.45, 7) is 4.09. The zero-order valence-corrected chi connectivity index (χ0v) is 19.4. The van der Waals surface area contributed by atoms with Crippen molar-refractivity contribution >= 4 is 60.1 Å². The van der Waals surface area contributed by atoms with Crippen LogP contribution in [0.25, 0.3) is 20.4 Å². The summed E-state index contributed by atoms with van der Waals surface area (Å²) in [5, 5.41) is 6.35. The number of nitrogens with one attached hydrogen (secondary N) is 2. The Kier molecular flexibility index (Phi) is 6.19. The van der Waals surface area contributed by atoms with Crippen LogP contribution in [0.2, 0.25) is 0 Å². The number of rotatable bonds is 7. The van der Waals surface area contributed by atoms with Crippen LogP contribution in [-0.2, 0) is 11.3 Å². The van der Waals surface area contributed by atoms with Crippen molar-refractivity contribution in [1.29, 1.82) is 0 Å². The normalized spacial score (nSPS) is 11.1. The number of carbonyl (C=O) groups excluding carboxylic acids is 2. The Hall–Kier alpha value is -3.31. The van der Waals surface area contributed by atoms with Crippen molar-refractivity contribution in [3.05, 3.63) is 45.3 Å². The third kappa shape index (κ3) is 4.21. The largest absolute Gasteiger partial charge is 0.497 e. The van der Waals surface area contributed by atoms with Gasteiger partial charge in [-0.1, -0.05) is 18.3 Å². The molecule has 0 unspecified atom stereocenters. The molecule has 4 rings (SSSR count). The highest BCUT2D eigenvalue weighted by Crippen LogP contribution is 2.31. The van der Waals surface area contributed by atoms with Crippen LogP contribution in [0, 0.1) is 6.92 Å². The van der Waals surface area contributed by atoms with E-state index in [1.807, 2.05) is 25.1 Å². The number of hydrogen-bond acceptors (Lipinski definition) is 8. The van der Waals surface area contributed by atoms with E-state index < -0.39 is 0 Å². The molecule has 1 aromatic carbocycles. The van der Waals surface area contributed by atoms with Gasteiger partial charge in [0.15, 0.2) is 5.13 Å². The van der Waals surface area contributed by atoms with Crippen molar-refractivity contribution in [2.75, 3.05) is 19.0 Å². The number of fused-ring (bicyclic) bond motifs is 2. The van der Waals surface area contributed by atoms with E-state index in [2.05, 4.69) is 20.6 Å². The van der Waals surface area contributed by atoms with Gasteiger partial charge in [-0.15, -0.1) is 11.3 Å². The number of nitrogens with zero attached hydrogens (tertiary/aromatic N) is 3. The third-order valence-electron chi connectivity index (χ3n) is 4.83. The summed E-state index contributed by atoms with van der Waals surface area (Å²) in [7, 11) is 1.59. The minimum Gasteiger partial charge on any atom is -0.497 e. The fraction of sp³-hybridized carbons (Fsp3) is 0.286. The van der Waals surface area contributed by atoms with E-state index in [1.54, 1.807) is 14.0 Å². The molecule has 9 nitrogen and oxygen atoms in total. The van der Waals surface area contributed by atoms with Gasteiger partial charge in [-0.2, -0.15) is 0 Å². The van der Waals surface area contributed by atoms with E-state index in [-0.39, 0.29) is 23.9 Å². The quantitative estimate of drug-likeness (QED) is 0.428. The maximum Gasteiger partial charge on any atom is 0.267 e. The maximum atomic E-state index is 12.9. The van der Waals surface area contributed by atoms with Crippen molar-refractivity contribution in [2.45, 2.75) is 26.8 Å². The van der Waals surface area contributed by atoms with Crippen LogP contribution in [0.15, 0.2) is 29.3 Å². The summed E-state index contributed by atoms with van der Waals surface area (Å²) in [6.07, 6.45) is 2.15. The molecular weight excluding hydrogens is 450 g/mol. The van der Waals surface area contributed by atoms with Gasteiger partial charge < -0.3 is 10.1 Å². The highest BCUT2D eigenvalue weighted by atomic mass is 32.1. The van der Waals surface area contributed by atoms with Gasteiger partial charge in [-0.05, 0) is 37.1 Å². The van der Waals surface area contributed by atoms with E-state index in [1.165, 1.54) is 22.2 Å². The van der Waals surface area contributed by atoms with E-state index in [0.717, 1.165) is 28.0 Å². The number of thiazole rings is 1. The summed E-state index contributed by atoms with van der Waals surface area (Å²) in [4.78, 5) is 47.4. The fourth-order valence-electron chi connectivity index (χ4n) is 3.20. The van der Waals surface area contributed by atoms with E-state index in [4.69, 9.17) is 4.74 Å². The van der Waals surface area contributed by atoms with Gasteiger partial charge in [0.25, 0.3) is 11.5 Å². The molecule has 0 aliphatic carbocycles. The molecule has 0 bridgehead atoms. The minimum absolute atomic E-state index is 0.117. The topological polar surface area (TPSA) is 115 Å². The molecule has 2 amide bonds. The SMILES string of the molecule is CCCNC(=O)Cn1cnc2sc(C(=O)Nc3nc4ccc(OC)cc4s3)c(C)c2c1=O. The second-order valence-electron chi connectivity index (χ2n) is 7.07. The van der Waals surface area contributed by atoms with Gasteiger partial charge in [0.1, 0.15) is 17.1 Å². The molecule has 0 spiro atoms. The highest BCUT2D eigenvalue weighted by Gasteiger charge is 2.21. The van der Waals surface area contributed by atoms with Crippen LogP contribution in [0.4, 0.5) is 5.13 Å². The van der Waals surface area contributed by atoms with Crippen LogP contribution in [0.1, 0.15) is 28.6 Å². The standard InChI is InChI=1S/C21H21N5O4S2/c1-4-7-22-15(27)9-26-10-23-19-16(20(26)29)11(2)17(32-19)18(28)25-21-24-13-6-5-12(30-3)8-14(13)31-21/h5-6,8,10H,4,7,9H2,1-3H3,(H,22,27)(H,24,25,28). The number of carbonyl (C=O) groups is 2. The third-order valence-corrected chi connectivity index (χ3v) is 6.96. The van der Waals surface area contributed by atoms with Crippen LogP contribution in [0.3, 0.4) is 0 Å². The smallest absolute Gasteiger partial charge is 0.267 e. The first-order valence-electron chi connectivity index (χ1n) is 9.92. The predicted molar refractivity (Wildman–Crippen MR) is 126 cm³/mol. The lowest BCUT2D eigenvalue weighted by Crippen LogP contribution is -2.32. The molecule has 0 aliphatic heterocycles. The van der Waals surface area contributed by atoms with E-state index in [0.29, 0.717) is 38.1 Å². The lowest BCUT2D eigenvalue weighted by molar-refractivity contribution is -0.121. The van der Waals surface area contributed by atoms with Crippen LogP contribution < -0.4 is 20.9 Å². The van der Waals surface area contributed by atoms with Crippen molar-refractivity contribution in [2.24, 2.45) is 0 Å². The summed E-state index contributed by atoms with van der Waals surface area (Å²) < 4.78 is 7.37. The Labute approximate surface area is 191 Å². The second kappa shape index (κ2) is 9.05. The van der Waals surface area contributed by atoms with Crippen molar-refractivity contribution in [3.63, 3.8) is 0 Å². The number of methoxy groups -OCH3 is 1. The van der Waals surface area contributed by atoms with E-state index in [9.17, 15) is 14.4 Å². The van der Waals surface area contributed by atoms with Crippen molar-refractivity contribution in [1.82, 2.24) is 19.9 Å². The molecule has 0 saturated carbocycles. The Morgan fingerprint density at radius 2 is 2.06 bits per heavy atom. The average Bonchev–Trinajstić information content (AvgIpc) is 3.33. The molecule has 3 aromatic heterocycles. The number of hydrogen-bond donors (Lipinski definition) is 2. The Morgan fingerprint density at radius 3 is 2.81 bits per heavy atom. The van der Waals surface area contributed by atoms with Gasteiger partial charge in [0, 0.05) is 6.54 Å². The lowest BCUT2D eigenvalue weighted by atomic mass is 10.2. The Morgan fingerprint density at radius 1 is 1.25 bits per heavy atom. The molecule has 0 fully saturated rings. The summed E-state index contributed by atoms with van der Waals surface area (Å²) in [5.74, 6) is 0.0988. The first-order valence-corrected chi connectivity index (χ1v) is 11.6. The number of anilines is 1. The predicted octanol–water partition coefficient (Wildman–Crippen LogP) is 3.16. The monoisotopic (exact) mass is 471 g/mol. The van der Waals surface area contributed by atoms with Crippen molar-refractivity contribution in [3.8, 4) is 5.75 Å². The average molecular weight is 472 g/mol. The van der Waals surface area contributed by atoms with Crippen molar-refractivity contribution < 1.29 is 14.3 Å². The molecule has 166 valence electrons. The zero-order chi connectivity index (χ0) is 22.8. The molecule has 0 atom stereocenters. The summed E-state index contributed by atoms with van der Waals surface area (Å²) >= 11 is 2.48. The van der Waals surface area contributed by atoms with Crippen LogP contribution >= 0.6 is 22.7 Å². The fourth-order valence-corrected chi connectivity index (χ4v) is 5.13. The van der Waals surface area contributed by atoms with Gasteiger partial charge in [-0.3, -0.25) is 24.3 Å². The summed E-state index contributed by atoms with van der Waals surface area (Å²) in [5.41, 5.74) is 0.942. The van der Waals surface area contributed by atoms with E-state index >= 15 is 0 Å². The van der Waals surface area contributed by atoms with Gasteiger partial charge in [0.05, 0.1) is 33.9 Å².